The number of carbonyl (C=O) groups is 1. The molecule has 2 aromatic carbocycles. The highest BCUT2D eigenvalue weighted by Gasteiger charge is 2.21. The van der Waals surface area contributed by atoms with Crippen LogP contribution in [0.2, 0.25) is 0 Å². The van der Waals surface area contributed by atoms with Gasteiger partial charge in [-0.2, -0.15) is 0 Å². The number of nitrogens with one attached hydrogen (secondary N) is 1. The summed E-state index contributed by atoms with van der Waals surface area (Å²) >= 11 is 3.08. The number of fused-ring (bicyclic) bond motifs is 3. The van der Waals surface area contributed by atoms with E-state index in [9.17, 15) is 4.79 Å². The molecule has 0 radical (unpaired) electrons. The van der Waals surface area contributed by atoms with Crippen molar-refractivity contribution in [1.29, 1.82) is 0 Å². The first-order valence-corrected chi connectivity index (χ1v) is 10.2. The number of aromatic nitrogens is 1. The predicted octanol–water partition coefficient (Wildman–Crippen LogP) is 4.65. The topological polar surface area (TPSA) is 51.2 Å². The van der Waals surface area contributed by atoms with Crippen LogP contribution in [0.3, 0.4) is 0 Å². The van der Waals surface area contributed by atoms with Crippen LogP contribution in [-0.4, -0.2) is 23.8 Å². The molecule has 0 aliphatic heterocycles. The van der Waals surface area contributed by atoms with Gasteiger partial charge in [0.05, 0.1) is 18.6 Å². The van der Waals surface area contributed by atoms with Crippen molar-refractivity contribution in [1.82, 2.24) is 4.98 Å². The summed E-state index contributed by atoms with van der Waals surface area (Å²) in [6.45, 7) is 0. The van der Waals surface area contributed by atoms with Crippen molar-refractivity contribution in [2.75, 3.05) is 18.2 Å². The molecule has 0 atom stereocenters. The first-order chi connectivity index (χ1) is 12.7. The van der Waals surface area contributed by atoms with Crippen LogP contribution < -0.4 is 10.1 Å². The average molecular weight is 383 g/mol. The van der Waals surface area contributed by atoms with Gasteiger partial charge in [-0.05, 0) is 42.7 Å². The maximum atomic E-state index is 12.3. The minimum absolute atomic E-state index is 0.0369. The van der Waals surface area contributed by atoms with Gasteiger partial charge in [-0.25, -0.2) is 4.98 Å². The van der Waals surface area contributed by atoms with Crippen molar-refractivity contribution in [2.24, 2.45) is 0 Å². The monoisotopic (exact) mass is 382 g/mol. The van der Waals surface area contributed by atoms with Gasteiger partial charge in [-0.3, -0.25) is 4.79 Å². The van der Waals surface area contributed by atoms with E-state index in [1.54, 1.807) is 18.4 Å². The van der Waals surface area contributed by atoms with Gasteiger partial charge >= 0.3 is 0 Å². The summed E-state index contributed by atoms with van der Waals surface area (Å²) in [5, 5.41) is 3.63. The Hall–Kier alpha value is -2.31. The number of amides is 1. The maximum absolute atomic E-state index is 12.3. The van der Waals surface area contributed by atoms with Crippen LogP contribution in [0.1, 0.15) is 10.4 Å². The maximum Gasteiger partial charge on any atom is 0.236 e. The van der Waals surface area contributed by atoms with Gasteiger partial charge in [0, 0.05) is 15.3 Å². The number of methoxy groups -OCH3 is 1. The minimum Gasteiger partial charge on any atom is -0.497 e. The Morgan fingerprint density at radius 3 is 2.81 bits per heavy atom. The first kappa shape index (κ1) is 17.1. The lowest BCUT2D eigenvalue weighted by atomic mass is 9.94. The zero-order chi connectivity index (χ0) is 17.9. The van der Waals surface area contributed by atoms with Crippen molar-refractivity contribution < 1.29 is 9.53 Å². The van der Waals surface area contributed by atoms with Crippen molar-refractivity contribution >= 4 is 34.1 Å². The molecule has 1 aromatic heterocycles. The summed E-state index contributed by atoms with van der Waals surface area (Å²) < 4.78 is 5.14. The van der Waals surface area contributed by atoms with Crippen LogP contribution in [0.25, 0.3) is 11.3 Å². The van der Waals surface area contributed by atoms with Crippen molar-refractivity contribution in [3.63, 3.8) is 0 Å². The predicted molar refractivity (Wildman–Crippen MR) is 107 cm³/mol. The van der Waals surface area contributed by atoms with E-state index >= 15 is 0 Å². The molecule has 4 nitrogen and oxygen atoms in total. The second kappa shape index (κ2) is 7.51. The number of nitrogens with zero attached hydrogens (tertiary/aromatic N) is 1. The largest absolute Gasteiger partial charge is 0.497 e. The molecule has 0 saturated heterocycles. The molecule has 1 aliphatic carbocycles. The molecule has 0 saturated carbocycles. The Morgan fingerprint density at radius 2 is 2.00 bits per heavy atom. The first-order valence-electron chi connectivity index (χ1n) is 8.37. The van der Waals surface area contributed by atoms with E-state index in [1.807, 2.05) is 30.3 Å². The third-order valence-corrected chi connectivity index (χ3v) is 6.31. The number of aryl methyl sites for hydroxylation is 2. The summed E-state index contributed by atoms with van der Waals surface area (Å²) in [5.41, 5.74) is 3.55. The lowest BCUT2D eigenvalue weighted by Gasteiger charge is -2.13. The SMILES string of the molecule is COc1ccc(SCC(=O)Nc2nc3c(s2)CCc2ccccc2-3)cc1. The van der Waals surface area contributed by atoms with E-state index in [1.165, 1.54) is 27.8 Å². The van der Waals surface area contributed by atoms with Crippen LogP contribution in [0.5, 0.6) is 5.75 Å². The smallest absolute Gasteiger partial charge is 0.236 e. The fourth-order valence-corrected chi connectivity index (χ4v) is 4.67. The molecule has 0 fully saturated rings. The fourth-order valence-electron chi connectivity index (χ4n) is 2.98. The van der Waals surface area contributed by atoms with Gasteiger partial charge < -0.3 is 10.1 Å². The van der Waals surface area contributed by atoms with Crippen molar-refractivity contribution in [3.05, 3.63) is 59.0 Å². The summed E-state index contributed by atoms with van der Waals surface area (Å²) in [6, 6.07) is 16.1. The Bertz CT molecular complexity index is 935. The quantitative estimate of drug-likeness (QED) is 0.653. The molecule has 1 aliphatic rings. The van der Waals surface area contributed by atoms with E-state index in [-0.39, 0.29) is 5.91 Å². The molecule has 1 N–H and O–H groups in total. The lowest BCUT2D eigenvalue weighted by molar-refractivity contribution is -0.113. The van der Waals surface area contributed by atoms with Crippen LogP contribution in [0.15, 0.2) is 53.4 Å². The number of hydrogen-bond acceptors (Lipinski definition) is 5. The number of carbonyl (C=O) groups excluding carboxylic acids is 1. The highest BCUT2D eigenvalue weighted by Crippen LogP contribution is 2.38. The third kappa shape index (κ3) is 3.61. The second-order valence-corrected chi connectivity index (χ2v) is 8.09. The normalized spacial score (nSPS) is 12.2. The molecule has 3 aromatic rings. The number of hydrogen-bond donors (Lipinski definition) is 1. The Balaban J connectivity index is 1.40. The van der Waals surface area contributed by atoms with Gasteiger partial charge in [0.1, 0.15) is 5.75 Å². The minimum atomic E-state index is -0.0369. The molecule has 0 spiro atoms. The van der Waals surface area contributed by atoms with Gasteiger partial charge in [-0.1, -0.05) is 24.3 Å². The Kier molecular flexibility index (Phi) is 4.95. The molecule has 0 bridgehead atoms. The molecule has 26 heavy (non-hydrogen) atoms. The zero-order valence-electron chi connectivity index (χ0n) is 14.3. The summed E-state index contributed by atoms with van der Waals surface area (Å²) in [7, 11) is 1.64. The number of ether oxygens (including phenoxy) is 1. The molecule has 132 valence electrons. The number of thiazole rings is 1. The zero-order valence-corrected chi connectivity index (χ0v) is 16.0. The van der Waals surface area contributed by atoms with Gasteiger partial charge in [0.2, 0.25) is 5.91 Å². The molecule has 1 heterocycles. The van der Waals surface area contributed by atoms with Crippen molar-refractivity contribution in [2.45, 2.75) is 17.7 Å². The number of rotatable bonds is 5. The lowest BCUT2D eigenvalue weighted by Crippen LogP contribution is -2.13. The van der Waals surface area contributed by atoms with Crippen LogP contribution in [0.4, 0.5) is 5.13 Å². The summed E-state index contributed by atoms with van der Waals surface area (Å²) in [6.07, 6.45) is 2.02. The molecule has 1 amide bonds. The van der Waals surface area contributed by atoms with E-state index in [0.29, 0.717) is 10.9 Å². The standard InChI is InChI=1S/C20H18N2O2S2/c1-24-14-7-9-15(10-8-14)25-12-18(23)21-20-22-19-16-5-3-2-4-13(16)6-11-17(19)26-20/h2-5,7-10H,6,11-12H2,1H3,(H,21,22,23). The van der Waals surface area contributed by atoms with E-state index < -0.39 is 0 Å². The van der Waals surface area contributed by atoms with Gasteiger partial charge in [0.25, 0.3) is 0 Å². The van der Waals surface area contributed by atoms with E-state index in [0.717, 1.165) is 29.2 Å². The molecule has 0 unspecified atom stereocenters. The van der Waals surface area contributed by atoms with E-state index in [4.69, 9.17) is 4.74 Å². The summed E-state index contributed by atoms with van der Waals surface area (Å²) in [4.78, 5) is 19.2. The molecular weight excluding hydrogens is 364 g/mol. The summed E-state index contributed by atoms with van der Waals surface area (Å²) in [5.74, 6) is 1.13. The number of anilines is 1. The number of thioether (sulfide) groups is 1. The van der Waals surface area contributed by atoms with Crippen LogP contribution in [0, 0.1) is 0 Å². The van der Waals surface area contributed by atoms with Gasteiger partial charge in [-0.15, -0.1) is 23.1 Å². The number of benzene rings is 2. The van der Waals surface area contributed by atoms with Gasteiger partial charge in [0.15, 0.2) is 5.13 Å². The van der Waals surface area contributed by atoms with Crippen LogP contribution >= 0.6 is 23.1 Å². The Labute approximate surface area is 160 Å². The Morgan fingerprint density at radius 1 is 1.19 bits per heavy atom. The molecule has 6 heteroatoms. The van der Waals surface area contributed by atoms with Crippen LogP contribution in [-0.2, 0) is 17.6 Å². The molecule has 4 rings (SSSR count). The second-order valence-electron chi connectivity index (χ2n) is 5.96. The highest BCUT2D eigenvalue weighted by molar-refractivity contribution is 8.00. The average Bonchev–Trinajstić information content (AvgIpc) is 3.09. The van der Waals surface area contributed by atoms with E-state index in [2.05, 4.69) is 28.5 Å². The highest BCUT2D eigenvalue weighted by atomic mass is 32.2. The third-order valence-electron chi connectivity index (χ3n) is 4.27. The molecular formula is C20H18N2O2S2. The van der Waals surface area contributed by atoms with Crippen molar-refractivity contribution in [3.8, 4) is 17.0 Å². The fraction of sp³-hybridized carbons (Fsp3) is 0.200.